The highest BCUT2D eigenvalue weighted by molar-refractivity contribution is 6.04. The Hall–Kier alpha value is -2.41. The van der Waals surface area contributed by atoms with Gasteiger partial charge in [-0.2, -0.15) is 13.2 Å². The van der Waals surface area contributed by atoms with Gasteiger partial charge in [0.05, 0.1) is 18.5 Å². The number of hydrogen-bond acceptors (Lipinski definition) is 3. The molecule has 0 aliphatic heterocycles. The first kappa shape index (κ1) is 17.0. The van der Waals surface area contributed by atoms with Gasteiger partial charge < -0.3 is 10.4 Å². The summed E-state index contributed by atoms with van der Waals surface area (Å²) in [6.45, 7) is -0.242. The number of benzene rings is 1. The first-order valence-electron chi connectivity index (χ1n) is 6.90. The molecule has 1 heterocycles. The van der Waals surface area contributed by atoms with Crippen LogP contribution in [-0.2, 0) is 13.0 Å². The first-order valence-corrected chi connectivity index (χ1v) is 6.90. The van der Waals surface area contributed by atoms with Crippen molar-refractivity contribution in [3.05, 3.63) is 59.4 Å². The fourth-order valence-corrected chi connectivity index (χ4v) is 1.98. The monoisotopic (exact) mass is 324 g/mol. The van der Waals surface area contributed by atoms with Gasteiger partial charge in [0.25, 0.3) is 5.91 Å². The summed E-state index contributed by atoms with van der Waals surface area (Å²) in [5.74, 6) is -0.421. The molecule has 1 aromatic carbocycles. The minimum Gasteiger partial charge on any atom is -0.392 e. The predicted molar refractivity (Wildman–Crippen MR) is 78.9 cm³/mol. The normalized spacial score (nSPS) is 11.3. The van der Waals surface area contributed by atoms with Crippen LogP contribution in [0.2, 0.25) is 0 Å². The summed E-state index contributed by atoms with van der Waals surface area (Å²) in [7, 11) is 0. The van der Waals surface area contributed by atoms with Crippen molar-refractivity contribution in [1.29, 1.82) is 0 Å². The predicted octanol–water partition coefficient (Wildman–Crippen LogP) is 3.32. The third-order valence-electron chi connectivity index (χ3n) is 3.24. The van der Waals surface area contributed by atoms with Crippen molar-refractivity contribution >= 4 is 11.6 Å². The zero-order chi connectivity index (χ0) is 16.9. The molecule has 122 valence electrons. The standard InChI is InChI=1S/C16H15F3N2O2/c17-16(18,19)7-5-11-1-3-12(4-2-11)15(23)21-14-9-20-8-6-13(14)10-22/h1-4,6,8-9,22H,5,7,10H2,(H,21,23). The fraction of sp³-hybridized carbons (Fsp3) is 0.250. The number of aryl methyl sites for hydroxylation is 1. The number of nitrogens with zero attached hydrogens (tertiary/aromatic N) is 1. The number of anilines is 1. The highest BCUT2D eigenvalue weighted by Gasteiger charge is 2.26. The number of aliphatic hydroxyl groups is 1. The number of nitrogens with one attached hydrogen (secondary N) is 1. The van der Waals surface area contributed by atoms with E-state index in [0.29, 0.717) is 22.4 Å². The molecule has 2 N–H and O–H groups in total. The molecule has 2 rings (SSSR count). The summed E-state index contributed by atoms with van der Waals surface area (Å²) >= 11 is 0. The Labute approximate surface area is 131 Å². The number of alkyl halides is 3. The number of carbonyl (C=O) groups is 1. The van der Waals surface area contributed by atoms with Crippen LogP contribution in [-0.4, -0.2) is 22.2 Å². The Balaban J connectivity index is 2.03. The third-order valence-corrected chi connectivity index (χ3v) is 3.24. The molecule has 0 radical (unpaired) electrons. The van der Waals surface area contributed by atoms with Crippen molar-refractivity contribution in [1.82, 2.24) is 4.98 Å². The second-order valence-corrected chi connectivity index (χ2v) is 4.96. The highest BCUT2D eigenvalue weighted by Crippen LogP contribution is 2.22. The van der Waals surface area contributed by atoms with Crippen LogP contribution in [0.1, 0.15) is 27.9 Å². The average Bonchev–Trinajstić information content (AvgIpc) is 2.53. The SMILES string of the molecule is O=C(Nc1cnccc1CO)c1ccc(CCC(F)(F)F)cc1. The molecular weight excluding hydrogens is 309 g/mol. The summed E-state index contributed by atoms with van der Waals surface area (Å²) in [6.07, 6.45) is -2.30. The zero-order valence-electron chi connectivity index (χ0n) is 12.1. The molecule has 0 atom stereocenters. The number of rotatable bonds is 5. The topological polar surface area (TPSA) is 62.2 Å². The minimum atomic E-state index is -4.20. The third kappa shape index (κ3) is 5.07. The molecular formula is C16H15F3N2O2. The van der Waals surface area contributed by atoms with Crippen LogP contribution < -0.4 is 5.32 Å². The molecule has 0 bridgehead atoms. The van der Waals surface area contributed by atoms with E-state index in [1.54, 1.807) is 6.07 Å². The summed E-state index contributed by atoms with van der Waals surface area (Å²) in [4.78, 5) is 16.0. The summed E-state index contributed by atoms with van der Waals surface area (Å²) in [5.41, 5.74) is 1.74. The van der Waals surface area contributed by atoms with E-state index in [1.165, 1.54) is 36.7 Å². The van der Waals surface area contributed by atoms with Gasteiger partial charge in [-0.05, 0) is 30.2 Å². The second kappa shape index (κ2) is 7.23. The quantitative estimate of drug-likeness (QED) is 0.887. The molecule has 7 heteroatoms. The van der Waals surface area contributed by atoms with E-state index in [4.69, 9.17) is 0 Å². The molecule has 0 spiro atoms. The van der Waals surface area contributed by atoms with E-state index in [9.17, 15) is 23.1 Å². The number of aromatic nitrogens is 1. The largest absolute Gasteiger partial charge is 0.392 e. The number of pyridine rings is 1. The maximum atomic E-state index is 12.2. The Morgan fingerprint density at radius 2 is 1.87 bits per heavy atom. The van der Waals surface area contributed by atoms with Crippen molar-refractivity contribution in [2.45, 2.75) is 25.6 Å². The van der Waals surface area contributed by atoms with Crippen LogP contribution in [0.3, 0.4) is 0 Å². The van der Waals surface area contributed by atoms with Crippen LogP contribution in [0.15, 0.2) is 42.7 Å². The van der Waals surface area contributed by atoms with Gasteiger partial charge in [0.2, 0.25) is 0 Å². The fourth-order valence-electron chi connectivity index (χ4n) is 1.98. The van der Waals surface area contributed by atoms with Gasteiger partial charge in [-0.15, -0.1) is 0 Å². The van der Waals surface area contributed by atoms with E-state index in [0.717, 1.165) is 0 Å². The van der Waals surface area contributed by atoms with Crippen LogP contribution >= 0.6 is 0 Å². The maximum Gasteiger partial charge on any atom is 0.389 e. The molecule has 0 aliphatic rings. The van der Waals surface area contributed by atoms with Crippen LogP contribution in [0, 0.1) is 0 Å². The molecule has 1 amide bonds. The Morgan fingerprint density at radius 1 is 1.17 bits per heavy atom. The highest BCUT2D eigenvalue weighted by atomic mass is 19.4. The first-order chi connectivity index (χ1) is 10.9. The summed E-state index contributed by atoms with van der Waals surface area (Å²) in [5, 5.41) is 11.8. The summed E-state index contributed by atoms with van der Waals surface area (Å²) in [6, 6.07) is 7.51. The van der Waals surface area contributed by atoms with Crippen molar-refractivity contribution in [3.63, 3.8) is 0 Å². The number of amides is 1. The molecule has 23 heavy (non-hydrogen) atoms. The van der Waals surface area contributed by atoms with Crippen molar-refractivity contribution in [3.8, 4) is 0 Å². The lowest BCUT2D eigenvalue weighted by molar-refractivity contribution is -0.134. The van der Waals surface area contributed by atoms with E-state index in [1.807, 2.05) is 0 Å². The Kier molecular flexibility index (Phi) is 5.33. The molecule has 1 aromatic heterocycles. The zero-order valence-corrected chi connectivity index (χ0v) is 12.1. The smallest absolute Gasteiger partial charge is 0.389 e. The molecule has 0 fully saturated rings. The maximum absolute atomic E-state index is 12.2. The molecule has 2 aromatic rings. The van der Waals surface area contributed by atoms with Crippen molar-refractivity contribution in [2.24, 2.45) is 0 Å². The number of halogens is 3. The average molecular weight is 324 g/mol. The van der Waals surface area contributed by atoms with Gasteiger partial charge in [0, 0.05) is 23.7 Å². The van der Waals surface area contributed by atoms with E-state index in [2.05, 4.69) is 10.3 Å². The lowest BCUT2D eigenvalue weighted by atomic mass is 10.1. The van der Waals surface area contributed by atoms with Gasteiger partial charge in [0.1, 0.15) is 0 Å². The molecule has 4 nitrogen and oxygen atoms in total. The molecule has 0 saturated carbocycles. The van der Waals surface area contributed by atoms with Gasteiger partial charge in [-0.3, -0.25) is 9.78 Å². The number of carbonyl (C=O) groups excluding carboxylic acids is 1. The van der Waals surface area contributed by atoms with Gasteiger partial charge in [-0.1, -0.05) is 12.1 Å². The van der Waals surface area contributed by atoms with Crippen molar-refractivity contribution in [2.75, 3.05) is 5.32 Å². The van der Waals surface area contributed by atoms with Crippen LogP contribution in [0.5, 0.6) is 0 Å². The van der Waals surface area contributed by atoms with Crippen molar-refractivity contribution < 1.29 is 23.1 Å². The van der Waals surface area contributed by atoms with Crippen LogP contribution in [0.25, 0.3) is 0 Å². The van der Waals surface area contributed by atoms with E-state index in [-0.39, 0.29) is 13.0 Å². The Bertz CT molecular complexity index is 670. The van der Waals surface area contributed by atoms with E-state index >= 15 is 0 Å². The van der Waals surface area contributed by atoms with Crippen LogP contribution in [0.4, 0.5) is 18.9 Å². The Morgan fingerprint density at radius 3 is 2.48 bits per heavy atom. The minimum absolute atomic E-state index is 0.122. The van der Waals surface area contributed by atoms with E-state index < -0.39 is 18.5 Å². The van der Waals surface area contributed by atoms with Gasteiger partial charge >= 0.3 is 6.18 Å². The lowest BCUT2D eigenvalue weighted by Gasteiger charge is -2.09. The summed E-state index contributed by atoms with van der Waals surface area (Å²) < 4.78 is 36.5. The lowest BCUT2D eigenvalue weighted by Crippen LogP contribution is -2.14. The second-order valence-electron chi connectivity index (χ2n) is 4.96. The number of aliphatic hydroxyl groups excluding tert-OH is 1. The molecule has 0 aliphatic carbocycles. The van der Waals surface area contributed by atoms with Gasteiger partial charge in [0.15, 0.2) is 0 Å². The molecule has 0 unspecified atom stereocenters. The van der Waals surface area contributed by atoms with Gasteiger partial charge in [-0.25, -0.2) is 0 Å². The number of hydrogen-bond donors (Lipinski definition) is 2. The molecule has 0 saturated heterocycles.